The number of nitrogen functional groups attached to an aromatic ring is 1. The summed E-state index contributed by atoms with van der Waals surface area (Å²) >= 11 is 3.49. The van der Waals surface area contributed by atoms with Crippen LogP contribution in [0.5, 0.6) is 0 Å². The van der Waals surface area contributed by atoms with Crippen LogP contribution in [-0.4, -0.2) is 20.2 Å². The molecular formula is C14H11BrFN5. The Morgan fingerprint density at radius 1 is 1.19 bits per heavy atom. The fraction of sp³-hybridized carbons (Fsp3) is 0.0714. The summed E-state index contributed by atoms with van der Waals surface area (Å²) in [7, 11) is 0. The van der Waals surface area contributed by atoms with Crippen LogP contribution in [0.4, 0.5) is 10.1 Å². The van der Waals surface area contributed by atoms with Crippen LogP contribution in [0.25, 0.3) is 11.4 Å². The van der Waals surface area contributed by atoms with Crippen LogP contribution in [-0.2, 0) is 6.54 Å². The first-order chi connectivity index (χ1) is 10.1. The highest BCUT2D eigenvalue weighted by atomic mass is 79.9. The summed E-state index contributed by atoms with van der Waals surface area (Å²) < 4.78 is 16.2. The Hall–Kier alpha value is -2.28. The minimum absolute atomic E-state index is 0.101. The maximum absolute atomic E-state index is 13.6. The van der Waals surface area contributed by atoms with Gasteiger partial charge in [0, 0.05) is 10.0 Å². The Bertz CT molecular complexity index is 787. The lowest BCUT2D eigenvalue weighted by Crippen LogP contribution is -2.05. The molecule has 0 aliphatic carbocycles. The molecule has 0 unspecified atom stereocenters. The molecule has 0 bridgehead atoms. The minimum atomic E-state index is -0.483. The van der Waals surface area contributed by atoms with E-state index in [0.29, 0.717) is 17.9 Å². The predicted molar refractivity (Wildman–Crippen MR) is 80.9 cm³/mol. The van der Waals surface area contributed by atoms with Gasteiger partial charge in [-0.1, -0.05) is 34.1 Å². The van der Waals surface area contributed by atoms with Crippen molar-refractivity contribution in [2.45, 2.75) is 6.54 Å². The van der Waals surface area contributed by atoms with Crippen LogP contribution in [0.3, 0.4) is 0 Å². The molecule has 0 spiro atoms. The van der Waals surface area contributed by atoms with Gasteiger partial charge in [0.25, 0.3) is 0 Å². The number of nitrogens with zero attached hydrogens (tertiary/aromatic N) is 4. The Kier molecular flexibility index (Phi) is 3.66. The van der Waals surface area contributed by atoms with Crippen LogP contribution >= 0.6 is 15.9 Å². The highest BCUT2D eigenvalue weighted by Gasteiger charge is 2.12. The Balaban J connectivity index is 1.97. The second-order valence-electron chi connectivity index (χ2n) is 4.49. The Morgan fingerprint density at radius 3 is 2.76 bits per heavy atom. The van der Waals surface area contributed by atoms with Crippen molar-refractivity contribution in [2.24, 2.45) is 0 Å². The number of rotatable bonds is 3. The van der Waals surface area contributed by atoms with E-state index in [0.717, 1.165) is 10.0 Å². The van der Waals surface area contributed by atoms with Crippen LogP contribution in [0.2, 0.25) is 0 Å². The molecule has 5 nitrogen and oxygen atoms in total. The summed E-state index contributed by atoms with van der Waals surface area (Å²) in [5, 5.41) is 11.6. The van der Waals surface area contributed by atoms with Gasteiger partial charge in [-0.3, -0.25) is 0 Å². The monoisotopic (exact) mass is 347 g/mol. The summed E-state index contributed by atoms with van der Waals surface area (Å²) in [6.45, 7) is 0.482. The van der Waals surface area contributed by atoms with Gasteiger partial charge in [0.1, 0.15) is 5.82 Å². The van der Waals surface area contributed by atoms with Gasteiger partial charge in [0.2, 0.25) is 0 Å². The van der Waals surface area contributed by atoms with E-state index in [1.807, 2.05) is 24.3 Å². The smallest absolute Gasteiger partial charge is 0.182 e. The quantitative estimate of drug-likeness (QED) is 0.739. The molecule has 1 heterocycles. The average molecular weight is 348 g/mol. The van der Waals surface area contributed by atoms with Crippen LogP contribution in [0.1, 0.15) is 5.56 Å². The molecule has 7 heteroatoms. The molecule has 3 aromatic rings. The maximum Gasteiger partial charge on any atom is 0.182 e. The van der Waals surface area contributed by atoms with Gasteiger partial charge >= 0.3 is 0 Å². The molecule has 0 atom stereocenters. The van der Waals surface area contributed by atoms with Crippen molar-refractivity contribution in [1.82, 2.24) is 20.2 Å². The van der Waals surface area contributed by atoms with E-state index in [9.17, 15) is 4.39 Å². The molecule has 3 rings (SSSR count). The number of aromatic nitrogens is 4. The van der Waals surface area contributed by atoms with Crippen LogP contribution < -0.4 is 5.73 Å². The molecule has 0 aliphatic heterocycles. The van der Waals surface area contributed by atoms with E-state index in [1.165, 1.54) is 12.1 Å². The molecule has 106 valence electrons. The molecule has 0 amide bonds. The molecule has 2 N–H and O–H groups in total. The fourth-order valence-electron chi connectivity index (χ4n) is 1.97. The maximum atomic E-state index is 13.6. The van der Waals surface area contributed by atoms with Gasteiger partial charge in [-0.25, -0.2) is 9.07 Å². The van der Waals surface area contributed by atoms with Crippen molar-refractivity contribution in [3.05, 3.63) is 58.3 Å². The van der Waals surface area contributed by atoms with Crippen molar-refractivity contribution in [2.75, 3.05) is 5.73 Å². The normalized spacial score (nSPS) is 10.8. The lowest BCUT2D eigenvalue weighted by Gasteiger charge is -2.07. The number of hydrogen-bond donors (Lipinski definition) is 1. The zero-order chi connectivity index (χ0) is 14.8. The van der Waals surface area contributed by atoms with E-state index in [-0.39, 0.29) is 5.69 Å². The zero-order valence-corrected chi connectivity index (χ0v) is 12.5. The summed E-state index contributed by atoms with van der Waals surface area (Å²) in [5.74, 6) is 0.00703. The number of nitrogens with two attached hydrogens (primary N) is 1. The summed E-state index contributed by atoms with van der Waals surface area (Å²) in [6, 6.07) is 12.3. The number of tetrazole rings is 1. The van der Waals surface area contributed by atoms with Gasteiger partial charge in [0.15, 0.2) is 5.82 Å². The van der Waals surface area contributed by atoms with Crippen molar-refractivity contribution < 1.29 is 4.39 Å². The Labute approximate surface area is 128 Å². The number of anilines is 1. The molecule has 0 saturated heterocycles. The number of halogens is 2. The molecule has 0 aliphatic rings. The van der Waals surface area contributed by atoms with Crippen molar-refractivity contribution >= 4 is 21.6 Å². The topological polar surface area (TPSA) is 69.6 Å². The van der Waals surface area contributed by atoms with E-state index in [2.05, 4.69) is 31.5 Å². The minimum Gasteiger partial charge on any atom is -0.396 e. The van der Waals surface area contributed by atoms with Crippen molar-refractivity contribution in [1.29, 1.82) is 0 Å². The highest BCUT2D eigenvalue weighted by molar-refractivity contribution is 9.10. The molecular weight excluding hydrogens is 337 g/mol. The van der Waals surface area contributed by atoms with E-state index in [4.69, 9.17) is 5.73 Å². The van der Waals surface area contributed by atoms with E-state index in [1.54, 1.807) is 10.7 Å². The molecule has 2 aromatic carbocycles. The van der Waals surface area contributed by atoms with Gasteiger partial charge in [0.05, 0.1) is 12.2 Å². The third-order valence-corrected chi connectivity index (χ3v) is 3.84. The number of benzene rings is 2. The molecule has 1 aromatic heterocycles. The van der Waals surface area contributed by atoms with Crippen molar-refractivity contribution in [3.8, 4) is 11.4 Å². The summed E-state index contributed by atoms with van der Waals surface area (Å²) in [4.78, 5) is 0. The Morgan fingerprint density at radius 2 is 2.00 bits per heavy atom. The zero-order valence-electron chi connectivity index (χ0n) is 10.9. The lowest BCUT2D eigenvalue weighted by molar-refractivity contribution is 0.631. The first kappa shape index (κ1) is 13.7. The van der Waals surface area contributed by atoms with Crippen molar-refractivity contribution in [3.63, 3.8) is 0 Å². The predicted octanol–water partition coefficient (Wildman–Crippen LogP) is 2.87. The highest BCUT2D eigenvalue weighted by Crippen LogP contribution is 2.22. The van der Waals surface area contributed by atoms with Gasteiger partial charge in [-0.05, 0) is 40.3 Å². The molecule has 0 radical (unpaired) electrons. The second kappa shape index (κ2) is 5.61. The standard InChI is InChI=1S/C14H11BrFN5/c15-11-4-2-1-3-10(11)8-21-14(18-19-20-21)9-5-6-13(17)12(16)7-9/h1-7H,8,17H2. The van der Waals surface area contributed by atoms with Crippen LogP contribution in [0.15, 0.2) is 46.9 Å². The third-order valence-electron chi connectivity index (χ3n) is 3.07. The summed E-state index contributed by atoms with van der Waals surface area (Å²) in [5.41, 5.74) is 7.20. The van der Waals surface area contributed by atoms with Crippen LogP contribution in [0, 0.1) is 5.82 Å². The first-order valence-corrected chi connectivity index (χ1v) is 6.99. The molecule has 21 heavy (non-hydrogen) atoms. The van der Waals surface area contributed by atoms with Gasteiger partial charge in [-0.15, -0.1) is 5.10 Å². The lowest BCUT2D eigenvalue weighted by atomic mass is 10.1. The van der Waals surface area contributed by atoms with Gasteiger partial charge in [-0.2, -0.15) is 0 Å². The molecule has 0 saturated carbocycles. The molecule has 0 fully saturated rings. The average Bonchev–Trinajstić information content (AvgIpc) is 2.93. The SMILES string of the molecule is Nc1ccc(-c2nnnn2Cc2ccccc2Br)cc1F. The van der Waals surface area contributed by atoms with Gasteiger partial charge < -0.3 is 5.73 Å². The van der Waals surface area contributed by atoms with E-state index >= 15 is 0 Å². The fourth-order valence-corrected chi connectivity index (χ4v) is 2.38. The third kappa shape index (κ3) is 2.78. The largest absolute Gasteiger partial charge is 0.396 e. The summed E-state index contributed by atoms with van der Waals surface area (Å²) in [6.07, 6.45) is 0. The van der Waals surface area contributed by atoms with E-state index < -0.39 is 5.82 Å². The first-order valence-electron chi connectivity index (χ1n) is 6.20. The number of hydrogen-bond acceptors (Lipinski definition) is 4. The second-order valence-corrected chi connectivity index (χ2v) is 5.34.